The largest absolute Gasteiger partial charge is 0.405 e. The molecule has 0 amide bonds. The third-order valence-electron chi connectivity index (χ3n) is 4.71. The van der Waals surface area contributed by atoms with Crippen molar-refractivity contribution in [1.82, 2.24) is 0 Å². The molecule has 0 bridgehead atoms. The number of hydrogen-bond acceptors (Lipinski definition) is 4. The molecule has 0 spiro atoms. The van der Waals surface area contributed by atoms with Crippen molar-refractivity contribution in [2.24, 2.45) is 0 Å². The Morgan fingerprint density at radius 3 is 2.50 bits per heavy atom. The number of halogens is 4. The van der Waals surface area contributed by atoms with Gasteiger partial charge in [-0.3, -0.25) is 0 Å². The molecule has 1 aliphatic rings. The highest BCUT2D eigenvalue weighted by Gasteiger charge is 2.34. The third-order valence-corrected chi connectivity index (χ3v) is 6.00. The first-order chi connectivity index (χ1) is 13.3. The molecule has 0 aromatic heterocycles. The number of methoxy groups -OCH3 is 1. The molecule has 0 aliphatic carbocycles. The Hall–Kier alpha value is -1.41. The summed E-state index contributed by atoms with van der Waals surface area (Å²) in [7, 11) is 1.72. The number of ether oxygens (including phenoxy) is 2. The topological polar surface area (TPSA) is 30.5 Å². The molecule has 3 rings (SSSR count). The van der Waals surface area contributed by atoms with Crippen LogP contribution < -0.4 is 5.32 Å². The van der Waals surface area contributed by atoms with E-state index in [4.69, 9.17) is 21.1 Å². The average molecular weight is 432 g/mol. The summed E-state index contributed by atoms with van der Waals surface area (Å²) >= 11 is 7.65. The van der Waals surface area contributed by atoms with E-state index in [9.17, 15) is 13.2 Å². The van der Waals surface area contributed by atoms with Crippen LogP contribution >= 0.6 is 23.4 Å². The second-order valence-electron chi connectivity index (χ2n) is 6.55. The van der Waals surface area contributed by atoms with Crippen LogP contribution in [0.15, 0.2) is 52.3 Å². The van der Waals surface area contributed by atoms with Crippen LogP contribution in [-0.4, -0.2) is 33.0 Å². The summed E-state index contributed by atoms with van der Waals surface area (Å²) in [6.45, 7) is 0.199. The maximum atomic E-state index is 12.4. The smallest absolute Gasteiger partial charge is 0.381 e. The van der Waals surface area contributed by atoms with Crippen molar-refractivity contribution in [2.45, 2.75) is 34.4 Å². The van der Waals surface area contributed by atoms with Gasteiger partial charge < -0.3 is 14.8 Å². The molecule has 2 aromatic rings. The van der Waals surface area contributed by atoms with Crippen LogP contribution in [0.1, 0.15) is 18.4 Å². The molecular formula is C20H21ClF3NO2S. The number of nitrogens with one attached hydrogen (secondary N) is 1. The normalized spacial score (nSPS) is 16.8. The van der Waals surface area contributed by atoms with Gasteiger partial charge in [0.1, 0.15) is 6.54 Å². The Morgan fingerprint density at radius 1 is 1.14 bits per heavy atom. The fraction of sp³-hybridized carbons (Fsp3) is 0.400. The van der Waals surface area contributed by atoms with E-state index >= 15 is 0 Å². The van der Waals surface area contributed by atoms with Crippen molar-refractivity contribution in [1.29, 1.82) is 0 Å². The monoisotopic (exact) mass is 431 g/mol. The number of alkyl halides is 3. The number of hydrogen-bond donors (Lipinski definition) is 1. The molecule has 1 saturated heterocycles. The zero-order valence-corrected chi connectivity index (χ0v) is 16.9. The Labute approximate surface area is 171 Å². The molecule has 1 N–H and O–H groups in total. The maximum Gasteiger partial charge on any atom is 0.405 e. The fourth-order valence-corrected chi connectivity index (χ4v) is 4.42. The first kappa shape index (κ1) is 21.3. The van der Waals surface area contributed by atoms with E-state index in [0.717, 1.165) is 28.2 Å². The van der Waals surface area contributed by atoms with Crippen LogP contribution in [-0.2, 0) is 15.1 Å². The molecule has 0 radical (unpaired) electrons. The van der Waals surface area contributed by atoms with E-state index in [-0.39, 0.29) is 16.3 Å². The van der Waals surface area contributed by atoms with Crippen molar-refractivity contribution >= 4 is 29.1 Å². The zero-order chi connectivity index (χ0) is 20.2. The van der Waals surface area contributed by atoms with Gasteiger partial charge in [-0.15, -0.1) is 0 Å². The van der Waals surface area contributed by atoms with Gasteiger partial charge in [-0.1, -0.05) is 35.5 Å². The molecule has 1 heterocycles. The van der Waals surface area contributed by atoms with Crippen LogP contribution in [0, 0.1) is 0 Å². The minimum Gasteiger partial charge on any atom is -0.381 e. The first-order valence-electron chi connectivity index (χ1n) is 8.83. The molecule has 8 heteroatoms. The molecule has 0 atom stereocenters. The van der Waals surface area contributed by atoms with Crippen LogP contribution in [0.2, 0.25) is 5.02 Å². The first-order valence-corrected chi connectivity index (χ1v) is 10.0. The SMILES string of the molecule is COC1(c2cccc(Sc3ccc(NCC(F)(F)F)c(Cl)c3)c2)CCOCC1. The van der Waals surface area contributed by atoms with Gasteiger partial charge in [0.2, 0.25) is 0 Å². The Morgan fingerprint density at radius 2 is 1.86 bits per heavy atom. The van der Waals surface area contributed by atoms with E-state index in [1.807, 2.05) is 12.1 Å². The maximum absolute atomic E-state index is 12.4. The van der Waals surface area contributed by atoms with Gasteiger partial charge in [0.15, 0.2) is 0 Å². The zero-order valence-electron chi connectivity index (χ0n) is 15.3. The summed E-state index contributed by atoms with van der Waals surface area (Å²) in [5.74, 6) is 0. The minimum atomic E-state index is -4.29. The summed E-state index contributed by atoms with van der Waals surface area (Å²) in [6, 6.07) is 13.1. The summed E-state index contributed by atoms with van der Waals surface area (Å²) in [5.41, 5.74) is 1.01. The number of rotatable bonds is 6. The van der Waals surface area contributed by atoms with E-state index in [1.54, 1.807) is 25.3 Å². The average Bonchev–Trinajstić information content (AvgIpc) is 2.67. The molecule has 1 aliphatic heterocycles. The van der Waals surface area contributed by atoms with E-state index in [2.05, 4.69) is 17.4 Å². The van der Waals surface area contributed by atoms with Crippen LogP contribution in [0.4, 0.5) is 18.9 Å². The minimum absolute atomic E-state index is 0.253. The molecule has 3 nitrogen and oxygen atoms in total. The lowest BCUT2D eigenvalue weighted by molar-refractivity contribution is -0.115. The second-order valence-corrected chi connectivity index (χ2v) is 8.11. The molecule has 152 valence electrons. The molecule has 0 saturated carbocycles. The van der Waals surface area contributed by atoms with Crippen molar-refractivity contribution in [3.8, 4) is 0 Å². The van der Waals surface area contributed by atoms with Gasteiger partial charge in [-0.05, 0) is 35.9 Å². The van der Waals surface area contributed by atoms with Crippen LogP contribution in [0.5, 0.6) is 0 Å². The predicted molar refractivity (Wildman–Crippen MR) is 105 cm³/mol. The highest BCUT2D eigenvalue weighted by Crippen LogP contribution is 2.39. The predicted octanol–water partition coefficient (Wildman–Crippen LogP) is 6.12. The highest BCUT2D eigenvalue weighted by molar-refractivity contribution is 7.99. The van der Waals surface area contributed by atoms with Gasteiger partial charge in [0.25, 0.3) is 0 Å². The van der Waals surface area contributed by atoms with Crippen LogP contribution in [0.25, 0.3) is 0 Å². The summed E-state index contributed by atoms with van der Waals surface area (Å²) in [4.78, 5) is 1.85. The van der Waals surface area contributed by atoms with Gasteiger partial charge >= 0.3 is 6.18 Å². The van der Waals surface area contributed by atoms with Gasteiger partial charge in [0, 0.05) is 43.0 Å². The summed E-state index contributed by atoms with van der Waals surface area (Å²) < 4.78 is 48.4. The number of benzene rings is 2. The lowest BCUT2D eigenvalue weighted by atomic mass is 9.86. The van der Waals surface area contributed by atoms with Gasteiger partial charge in [-0.2, -0.15) is 13.2 Å². The van der Waals surface area contributed by atoms with E-state index in [1.165, 1.54) is 11.8 Å². The van der Waals surface area contributed by atoms with Crippen molar-refractivity contribution in [3.05, 3.63) is 53.1 Å². The molecule has 1 fully saturated rings. The molecular weight excluding hydrogens is 411 g/mol. The fourth-order valence-electron chi connectivity index (χ4n) is 3.19. The highest BCUT2D eigenvalue weighted by atomic mass is 35.5. The Bertz CT molecular complexity index is 810. The third kappa shape index (κ3) is 5.35. The number of anilines is 1. The van der Waals surface area contributed by atoms with Gasteiger partial charge in [0.05, 0.1) is 16.3 Å². The molecule has 28 heavy (non-hydrogen) atoms. The molecule has 0 unspecified atom stereocenters. The van der Waals surface area contributed by atoms with Crippen molar-refractivity contribution in [3.63, 3.8) is 0 Å². The van der Waals surface area contributed by atoms with E-state index in [0.29, 0.717) is 13.2 Å². The van der Waals surface area contributed by atoms with Gasteiger partial charge in [-0.25, -0.2) is 0 Å². The van der Waals surface area contributed by atoms with Crippen molar-refractivity contribution in [2.75, 3.05) is 32.2 Å². The molecule has 2 aromatic carbocycles. The Balaban J connectivity index is 1.74. The quantitative estimate of drug-likeness (QED) is 0.597. The van der Waals surface area contributed by atoms with E-state index < -0.39 is 12.7 Å². The lowest BCUT2D eigenvalue weighted by Crippen LogP contribution is -2.35. The summed E-state index contributed by atoms with van der Waals surface area (Å²) in [5, 5.41) is 2.57. The summed E-state index contributed by atoms with van der Waals surface area (Å²) in [6.07, 6.45) is -2.70. The lowest BCUT2D eigenvalue weighted by Gasteiger charge is -2.36. The van der Waals surface area contributed by atoms with Crippen LogP contribution in [0.3, 0.4) is 0 Å². The van der Waals surface area contributed by atoms with Crippen molar-refractivity contribution < 1.29 is 22.6 Å². The Kier molecular flexibility index (Phi) is 6.81. The standard InChI is InChI=1S/C20H21ClF3NO2S/c1-26-19(7-9-27-10-8-19)14-3-2-4-15(11-14)28-16-5-6-18(17(21)12-16)25-13-20(22,23)24/h2-6,11-12,25H,7-10,13H2,1H3. The second kappa shape index (κ2) is 8.95.